The fourth-order valence-electron chi connectivity index (χ4n) is 4.16. The molecule has 1 fully saturated rings. The molecule has 0 N–H and O–H groups in total. The zero-order valence-electron chi connectivity index (χ0n) is 14.7. The molecule has 1 aliphatic carbocycles. The highest BCUT2D eigenvalue weighted by atomic mass is 16.1. The topological polar surface area (TPSA) is 17.1 Å². The lowest BCUT2D eigenvalue weighted by atomic mass is 9.71. The molecule has 126 valence electrons. The van der Waals surface area contributed by atoms with Crippen LogP contribution < -0.4 is 0 Å². The van der Waals surface area contributed by atoms with Gasteiger partial charge in [0.2, 0.25) is 0 Å². The molecule has 0 heterocycles. The van der Waals surface area contributed by atoms with Crippen molar-refractivity contribution in [3.63, 3.8) is 0 Å². The van der Waals surface area contributed by atoms with Crippen LogP contribution in [0.25, 0.3) is 0 Å². The molecule has 1 aliphatic rings. The molecule has 0 amide bonds. The van der Waals surface area contributed by atoms with E-state index in [9.17, 15) is 4.79 Å². The van der Waals surface area contributed by atoms with Crippen molar-refractivity contribution in [2.24, 2.45) is 11.8 Å². The van der Waals surface area contributed by atoms with Crippen molar-refractivity contribution in [2.45, 2.75) is 70.6 Å². The van der Waals surface area contributed by atoms with Gasteiger partial charge in [-0.25, -0.2) is 0 Å². The van der Waals surface area contributed by atoms with Gasteiger partial charge in [0.05, 0.1) is 0 Å². The molecule has 1 heteroatoms. The lowest BCUT2D eigenvalue weighted by molar-refractivity contribution is 0.112. The van der Waals surface area contributed by atoms with Crippen LogP contribution in [0.3, 0.4) is 0 Å². The summed E-state index contributed by atoms with van der Waals surface area (Å²) >= 11 is 0. The Balaban J connectivity index is 1.93. The number of hydrogen-bond acceptors (Lipinski definition) is 1. The van der Waals surface area contributed by atoms with Crippen molar-refractivity contribution in [1.29, 1.82) is 0 Å². The lowest BCUT2D eigenvalue weighted by Gasteiger charge is -2.34. The van der Waals surface area contributed by atoms with Gasteiger partial charge < -0.3 is 0 Å². The maximum Gasteiger partial charge on any atom is 0.150 e. The number of allylic oxidation sites excluding steroid dienone is 1. The third-order valence-corrected chi connectivity index (χ3v) is 5.60. The van der Waals surface area contributed by atoms with Gasteiger partial charge >= 0.3 is 0 Å². The molecule has 0 spiro atoms. The van der Waals surface area contributed by atoms with E-state index in [0.717, 1.165) is 30.1 Å². The summed E-state index contributed by atoms with van der Waals surface area (Å²) < 4.78 is 0. The first kappa shape index (κ1) is 18.0. The summed E-state index contributed by atoms with van der Waals surface area (Å²) in [6.07, 6.45) is 15.1. The fourth-order valence-corrected chi connectivity index (χ4v) is 4.16. The Labute approximate surface area is 142 Å². The zero-order valence-corrected chi connectivity index (χ0v) is 14.7. The molecular weight excluding hydrogens is 280 g/mol. The Hall–Kier alpha value is -1.37. The average Bonchev–Trinajstić information content (AvgIpc) is 2.61. The minimum atomic E-state index is 0.574. The molecule has 0 radical (unpaired) electrons. The molecule has 1 atom stereocenters. The van der Waals surface area contributed by atoms with E-state index in [-0.39, 0.29) is 0 Å². The van der Waals surface area contributed by atoms with Gasteiger partial charge in [0.15, 0.2) is 0 Å². The summed E-state index contributed by atoms with van der Waals surface area (Å²) in [5.41, 5.74) is 2.15. The summed E-state index contributed by atoms with van der Waals surface area (Å²) in [7, 11) is 0. The highest BCUT2D eigenvalue weighted by Crippen LogP contribution is 2.41. The summed E-state index contributed by atoms with van der Waals surface area (Å²) in [5, 5.41) is 0. The van der Waals surface area contributed by atoms with Crippen LogP contribution in [0.5, 0.6) is 0 Å². The van der Waals surface area contributed by atoms with Crippen molar-refractivity contribution in [2.75, 3.05) is 0 Å². The highest BCUT2D eigenvalue weighted by Gasteiger charge is 2.27. The first-order valence-electron chi connectivity index (χ1n) is 9.44. The maximum absolute atomic E-state index is 10.8. The molecule has 0 aromatic heterocycles. The van der Waals surface area contributed by atoms with Crippen molar-refractivity contribution in [1.82, 2.24) is 0 Å². The Kier molecular flexibility index (Phi) is 7.58. The van der Waals surface area contributed by atoms with E-state index in [4.69, 9.17) is 0 Å². The van der Waals surface area contributed by atoms with E-state index in [1.165, 1.54) is 56.9 Å². The van der Waals surface area contributed by atoms with Gasteiger partial charge in [0, 0.05) is 5.56 Å². The largest absolute Gasteiger partial charge is 0.298 e. The normalized spacial score (nSPS) is 22.5. The standard InChI is InChI=1S/C22H32O/c1-3-5-6-8-18-9-13-20(14-10-18)22(7-4-2)21-15-11-19(17-23)12-16-21/h4,11-12,15-18,20,22H,2-3,5-10,13-14H2,1H3/t18-,20-,22?. The summed E-state index contributed by atoms with van der Waals surface area (Å²) in [6, 6.07) is 8.19. The van der Waals surface area contributed by atoms with Gasteiger partial charge in [-0.3, -0.25) is 4.79 Å². The third kappa shape index (κ3) is 5.34. The van der Waals surface area contributed by atoms with Crippen molar-refractivity contribution >= 4 is 6.29 Å². The summed E-state index contributed by atoms with van der Waals surface area (Å²) in [6.45, 7) is 6.25. The number of hydrogen-bond donors (Lipinski definition) is 0. The third-order valence-electron chi connectivity index (χ3n) is 5.60. The van der Waals surface area contributed by atoms with E-state index in [1.807, 2.05) is 12.1 Å². The molecule has 0 bridgehead atoms. The summed E-state index contributed by atoms with van der Waals surface area (Å²) in [5.74, 6) is 2.31. The molecule has 1 nitrogen and oxygen atoms in total. The van der Waals surface area contributed by atoms with Gasteiger partial charge in [0.1, 0.15) is 6.29 Å². The van der Waals surface area contributed by atoms with E-state index in [0.29, 0.717) is 5.92 Å². The predicted molar refractivity (Wildman–Crippen MR) is 99.0 cm³/mol. The second-order valence-electron chi connectivity index (χ2n) is 7.19. The van der Waals surface area contributed by atoms with E-state index >= 15 is 0 Å². The van der Waals surface area contributed by atoms with E-state index in [2.05, 4.69) is 31.7 Å². The fraction of sp³-hybridized carbons (Fsp3) is 0.591. The van der Waals surface area contributed by atoms with Crippen LogP contribution in [0, 0.1) is 11.8 Å². The lowest BCUT2D eigenvalue weighted by Crippen LogP contribution is -2.20. The van der Waals surface area contributed by atoms with Crippen LogP contribution in [0.4, 0.5) is 0 Å². The second-order valence-corrected chi connectivity index (χ2v) is 7.19. The minimum absolute atomic E-state index is 0.574. The highest BCUT2D eigenvalue weighted by molar-refractivity contribution is 5.74. The van der Waals surface area contributed by atoms with Gasteiger partial charge in [-0.1, -0.05) is 75.8 Å². The Morgan fingerprint density at radius 2 is 1.83 bits per heavy atom. The molecule has 0 aliphatic heterocycles. The van der Waals surface area contributed by atoms with Crippen molar-refractivity contribution in [3.8, 4) is 0 Å². The number of aldehydes is 1. The minimum Gasteiger partial charge on any atom is -0.298 e. The quantitative estimate of drug-likeness (QED) is 0.287. The Morgan fingerprint density at radius 1 is 1.13 bits per heavy atom. The first-order chi connectivity index (χ1) is 11.3. The predicted octanol–water partition coefficient (Wildman–Crippen LogP) is 6.55. The number of carbonyl (C=O) groups is 1. The van der Waals surface area contributed by atoms with Crippen LogP contribution in [0.15, 0.2) is 36.9 Å². The first-order valence-corrected chi connectivity index (χ1v) is 9.44. The van der Waals surface area contributed by atoms with Gasteiger partial charge in [-0.2, -0.15) is 0 Å². The molecule has 0 saturated heterocycles. The summed E-state index contributed by atoms with van der Waals surface area (Å²) in [4.78, 5) is 10.8. The van der Waals surface area contributed by atoms with E-state index < -0.39 is 0 Å². The van der Waals surface area contributed by atoms with Crippen LogP contribution in [0.1, 0.15) is 86.6 Å². The Bertz CT molecular complexity index is 465. The molecule has 1 aromatic carbocycles. The molecule has 1 unspecified atom stereocenters. The van der Waals surface area contributed by atoms with Crippen LogP contribution in [0.2, 0.25) is 0 Å². The van der Waals surface area contributed by atoms with Gasteiger partial charge in [0.25, 0.3) is 0 Å². The smallest absolute Gasteiger partial charge is 0.150 e. The van der Waals surface area contributed by atoms with Crippen LogP contribution >= 0.6 is 0 Å². The molecule has 23 heavy (non-hydrogen) atoms. The van der Waals surface area contributed by atoms with Crippen molar-refractivity contribution < 1.29 is 4.79 Å². The Morgan fingerprint density at radius 3 is 2.39 bits per heavy atom. The number of carbonyl (C=O) groups excluding carboxylic acids is 1. The molecule has 1 saturated carbocycles. The van der Waals surface area contributed by atoms with E-state index in [1.54, 1.807) is 0 Å². The number of unbranched alkanes of at least 4 members (excludes halogenated alkanes) is 2. The molecule has 2 rings (SSSR count). The SMILES string of the molecule is C=CCC(c1ccc(C=O)cc1)[C@H]1CC[C@H](CCCCC)CC1. The van der Waals surface area contributed by atoms with Crippen molar-refractivity contribution in [3.05, 3.63) is 48.0 Å². The second kappa shape index (κ2) is 9.70. The average molecular weight is 312 g/mol. The molecular formula is C22H32O. The zero-order chi connectivity index (χ0) is 16.5. The molecule has 1 aromatic rings. The van der Waals surface area contributed by atoms with Gasteiger partial charge in [-0.15, -0.1) is 6.58 Å². The van der Waals surface area contributed by atoms with Crippen LogP contribution in [-0.2, 0) is 0 Å². The maximum atomic E-state index is 10.8. The number of benzene rings is 1. The number of rotatable bonds is 9. The van der Waals surface area contributed by atoms with Gasteiger partial charge in [-0.05, 0) is 42.6 Å². The van der Waals surface area contributed by atoms with Crippen LogP contribution in [-0.4, -0.2) is 6.29 Å². The monoisotopic (exact) mass is 312 g/mol.